The van der Waals surface area contributed by atoms with Crippen LogP contribution in [0.15, 0.2) is 18.2 Å². The van der Waals surface area contributed by atoms with Crippen molar-refractivity contribution in [2.75, 3.05) is 32.1 Å². The van der Waals surface area contributed by atoms with Crippen molar-refractivity contribution in [3.8, 4) is 0 Å². The summed E-state index contributed by atoms with van der Waals surface area (Å²) < 4.78 is 0. The number of halogens is 1. The smallest absolute Gasteiger partial charge is 0.0459 e. The van der Waals surface area contributed by atoms with Crippen LogP contribution < -0.4 is 10.6 Å². The lowest BCUT2D eigenvalue weighted by Crippen LogP contribution is -2.45. The van der Waals surface area contributed by atoms with Crippen molar-refractivity contribution in [2.24, 2.45) is 5.73 Å². The van der Waals surface area contributed by atoms with Crippen LogP contribution >= 0.6 is 11.6 Å². The number of rotatable bonds is 5. The lowest BCUT2D eigenvalue weighted by Gasteiger charge is -2.37. The Morgan fingerprint density at radius 1 is 1.43 bits per heavy atom. The van der Waals surface area contributed by atoms with E-state index in [4.69, 9.17) is 17.3 Å². The summed E-state index contributed by atoms with van der Waals surface area (Å²) in [5.74, 6) is 0. The number of nitrogens with two attached hydrogens (primary N) is 1. The van der Waals surface area contributed by atoms with Gasteiger partial charge in [0.25, 0.3) is 0 Å². The molecule has 0 amide bonds. The van der Waals surface area contributed by atoms with E-state index in [1.54, 1.807) is 0 Å². The highest BCUT2D eigenvalue weighted by Crippen LogP contribution is 2.27. The molecule has 0 aromatic heterocycles. The first-order chi connectivity index (χ1) is 10.0. The van der Waals surface area contributed by atoms with E-state index < -0.39 is 0 Å². The summed E-state index contributed by atoms with van der Waals surface area (Å²) in [6.45, 7) is 4.31. The Balaban J connectivity index is 2.08. The fourth-order valence-electron chi connectivity index (χ4n) is 2.94. The van der Waals surface area contributed by atoms with Crippen LogP contribution in [0.4, 0.5) is 5.69 Å². The average molecular weight is 310 g/mol. The fraction of sp³-hybridized carbons (Fsp3) is 0.647. The van der Waals surface area contributed by atoms with Crippen LogP contribution in [0.1, 0.15) is 31.7 Å². The molecule has 0 saturated carbocycles. The molecule has 0 aliphatic carbocycles. The number of hydrogen-bond donors (Lipinski definition) is 1. The summed E-state index contributed by atoms with van der Waals surface area (Å²) in [6, 6.07) is 7.28. The Hall–Kier alpha value is -0.770. The first-order valence-corrected chi connectivity index (χ1v) is 8.34. The van der Waals surface area contributed by atoms with E-state index in [2.05, 4.69) is 49.0 Å². The highest BCUT2D eigenvalue weighted by atomic mass is 35.5. The predicted molar refractivity (Wildman–Crippen MR) is 92.3 cm³/mol. The summed E-state index contributed by atoms with van der Waals surface area (Å²) in [5.41, 5.74) is 8.43. The number of likely N-dealkylation sites (N-methyl/N-ethyl adjacent to an activating group) is 1. The van der Waals surface area contributed by atoms with Crippen LogP contribution in [0.25, 0.3) is 0 Å². The maximum Gasteiger partial charge on any atom is 0.0459 e. The molecule has 21 heavy (non-hydrogen) atoms. The van der Waals surface area contributed by atoms with Crippen LogP contribution in [0.2, 0.25) is 5.02 Å². The Labute approximate surface area is 134 Å². The van der Waals surface area contributed by atoms with Gasteiger partial charge in [0.05, 0.1) is 0 Å². The van der Waals surface area contributed by atoms with E-state index in [9.17, 15) is 0 Å². The van der Waals surface area contributed by atoms with E-state index in [1.165, 1.54) is 18.5 Å². The third-order valence-corrected chi connectivity index (χ3v) is 4.89. The first kappa shape index (κ1) is 16.6. The molecule has 4 heteroatoms. The van der Waals surface area contributed by atoms with Gasteiger partial charge < -0.3 is 15.5 Å². The van der Waals surface area contributed by atoms with E-state index in [0.717, 1.165) is 36.5 Å². The second-order valence-electron chi connectivity index (χ2n) is 6.35. The van der Waals surface area contributed by atoms with Crippen LogP contribution in [-0.4, -0.2) is 44.2 Å². The average Bonchev–Trinajstić information content (AvgIpc) is 2.49. The van der Waals surface area contributed by atoms with Crippen LogP contribution in [0.5, 0.6) is 0 Å². The second-order valence-corrected chi connectivity index (χ2v) is 6.76. The summed E-state index contributed by atoms with van der Waals surface area (Å²) in [6.07, 6.45) is 4.36. The molecule has 1 aliphatic heterocycles. The van der Waals surface area contributed by atoms with Gasteiger partial charge >= 0.3 is 0 Å². The zero-order chi connectivity index (χ0) is 15.4. The highest BCUT2D eigenvalue weighted by Gasteiger charge is 2.22. The molecular weight excluding hydrogens is 282 g/mol. The van der Waals surface area contributed by atoms with Gasteiger partial charge in [0.15, 0.2) is 0 Å². The number of anilines is 1. The van der Waals surface area contributed by atoms with Crippen molar-refractivity contribution in [1.29, 1.82) is 0 Å². The van der Waals surface area contributed by atoms with Crippen LogP contribution in [-0.2, 0) is 6.42 Å². The van der Waals surface area contributed by atoms with Gasteiger partial charge in [-0.05, 0) is 57.5 Å². The standard InChI is InChI=1S/C17H28ClN3/c1-4-14(19)10-13-7-8-15(11-17(13)18)21-9-5-6-16(12-21)20(2)3/h7-8,11,14,16H,4-6,9-10,12,19H2,1-3H3. The second kappa shape index (κ2) is 7.48. The molecule has 2 rings (SSSR count). The molecule has 118 valence electrons. The molecular formula is C17H28ClN3. The van der Waals surface area contributed by atoms with Crippen molar-refractivity contribution >= 4 is 17.3 Å². The highest BCUT2D eigenvalue weighted by molar-refractivity contribution is 6.31. The van der Waals surface area contributed by atoms with E-state index >= 15 is 0 Å². The summed E-state index contributed by atoms with van der Waals surface area (Å²) in [7, 11) is 4.33. The lowest BCUT2D eigenvalue weighted by molar-refractivity contribution is 0.258. The van der Waals surface area contributed by atoms with Crippen molar-refractivity contribution in [1.82, 2.24) is 4.90 Å². The van der Waals surface area contributed by atoms with Gasteiger partial charge in [-0.3, -0.25) is 0 Å². The molecule has 0 bridgehead atoms. The molecule has 3 nitrogen and oxygen atoms in total. The minimum absolute atomic E-state index is 0.196. The first-order valence-electron chi connectivity index (χ1n) is 7.96. The molecule has 0 radical (unpaired) electrons. The fourth-order valence-corrected chi connectivity index (χ4v) is 3.19. The van der Waals surface area contributed by atoms with Gasteiger partial charge in [0.1, 0.15) is 0 Å². The van der Waals surface area contributed by atoms with Crippen molar-refractivity contribution < 1.29 is 0 Å². The minimum atomic E-state index is 0.196. The predicted octanol–water partition coefficient (Wildman–Crippen LogP) is 3.15. The van der Waals surface area contributed by atoms with Crippen LogP contribution in [0.3, 0.4) is 0 Å². The molecule has 2 N–H and O–H groups in total. The molecule has 0 spiro atoms. The van der Waals surface area contributed by atoms with Crippen molar-refractivity contribution in [2.45, 2.75) is 44.7 Å². The SMILES string of the molecule is CCC(N)Cc1ccc(N2CCCC(N(C)C)C2)cc1Cl. The number of hydrogen-bond acceptors (Lipinski definition) is 3. The lowest BCUT2D eigenvalue weighted by atomic mass is 10.0. The van der Waals surface area contributed by atoms with Gasteiger partial charge in [-0.1, -0.05) is 24.6 Å². The maximum absolute atomic E-state index is 6.46. The summed E-state index contributed by atoms with van der Waals surface area (Å²) in [5, 5.41) is 0.850. The maximum atomic E-state index is 6.46. The summed E-state index contributed by atoms with van der Waals surface area (Å²) >= 11 is 6.46. The van der Waals surface area contributed by atoms with Gasteiger partial charge in [0, 0.05) is 35.9 Å². The topological polar surface area (TPSA) is 32.5 Å². The molecule has 1 heterocycles. The van der Waals surface area contributed by atoms with Gasteiger partial charge in [-0.15, -0.1) is 0 Å². The zero-order valence-corrected chi connectivity index (χ0v) is 14.2. The third-order valence-electron chi connectivity index (χ3n) is 4.54. The van der Waals surface area contributed by atoms with E-state index in [-0.39, 0.29) is 6.04 Å². The minimum Gasteiger partial charge on any atom is -0.370 e. The molecule has 1 saturated heterocycles. The molecule has 1 aromatic carbocycles. The zero-order valence-electron chi connectivity index (χ0n) is 13.5. The molecule has 1 aromatic rings. The molecule has 2 atom stereocenters. The van der Waals surface area contributed by atoms with Gasteiger partial charge in [-0.2, -0.15) is 0 Å². The number of piperidine rings is 1. The van der Waals surface area contributed by atoms with Gasteiger partial charge in [-0.25, -0.2) is 0 Å². The third kappa shape index (κ3) is 4.35. The monoisotopic (exact) mass is 309 g/mol. The normalized spacial score (nSPS) is 20.9. The van der Waals surface area contributed by atoms with Crippen LogP contribution in [0, 0.1) is 0 Å². The summed E-state index contributed by atoms with van der Waals surface area (Å²) in [4.78, 5) is 4.77. The largest absolute Gasteiger partial charge is 0.370 e. The molecule has 2 unspecified atom stereocenters. The van der Waals surface area contributed by atoms with Crippen molar-refractivity contribution in [3.05, 3.63) is 28.8 Å². The van der Waals surface area contributed by atoms with E-state index in [0.29, 0.717) is 6.04 Å². The Kier molecular flexibility index (Phi) is 5.91. The number of nitrogens with zero attached hydrogens (tertiary/aromatic N) is 2. The van der Waals surface area contributed by atoms with Gasteiger partial charge in [0.2, 0.25) is 0 Å². The molecule has 1 aliphatic rings. The Bertz CT molecular complexity index is 461. The quantitative estimate of drug-likeness (QED) is 0.907. The number of benzene rings is 1. The van der Waals surface area contributed by atoms with Crippen molar-refractivity contribution in [3.63, 3.8) is 0 Å². The molecule has 1 fully saturated rings. The van der Waals surface area contributed by atoms with E-state index in [1.807, 2.05) is 0 Å². The Morgan fingerprint density at radius 2 is 2.19 bits per heavy atom. The Morgan fingerprint density at radius 3 is 2.81 bits per heavy atom.